The number of piperidine rings is 1. The van der Waals surface area contributed by atoms with Crippen molar-refractivity contribution < 1.29 is 4.74 Å². The Hall–Kier alpha value is -2.37. The number of aryl methyl sites for hydroxylation is 1. The second kappa shape index (κ2) is 8.40. The maximum Gasteiger partial charge on any atom is 0.329 e. The van der Waals surface area contributed by atoms with E-state index < -0.39 is 0 Å². The van der Waals surface area contributed by atoms with E-state index in [0.29, 0.717) is 19.2 Å². The van der Waals surface area contributed by atoms with E-state index in [2.05, 4.69) is 45.9 Å². The van der Waals surface area contributed by atoms with Crippen LogP contribution >= 0.6 is 0 Å². The molecule has 1 aliphatic carbocycles. The topological polar surface area (TPSA) is 39.4 Å². The van der Waals surface area contributed by atoms with Crippen molar-refractivity contribution in [2.24, 2.45) is 0 Å². The number of fused-ring (bicyclic) bond motifs is 2. The monoisotopic (exact) mass is 405 g/mol. The molecule has 1 fully saturated rings. The summed E-state index contributed by atoms with van der Waals surface area (Å²) >= 11 is 0. The van der Waals surface area contributed by atoms with Crippen molar-refractivity contribution >= 4 is 11.0 Å². The Morgan fingerprint density at radius 1 is 0.967 bits per heavy atom. The SMILES string of the molecule is COCCn1c(=O)n(C2CCN(C3CCCc4ccccc43)CC2)c2ccccc21. The number of aromatic nitrogens is 2. The van der Waals surface area contributed by atoms with Crippen molar-refractivity contribution in [1.29, 1.82) is 0 Å². The van der Waals surface area contributed by atoms with Crippen LogP contribution in [0.25, 0.3) is 11.0 Å². The number of imidazole rings is 1. The quantitative estimate of drug-likeness (QED) is 0.640. The summed E-state index contributed by atoms with van der Waals surface area (Å²) in [5, 5.41) is 0. The first kappa shape index (κ1) is 19.6. The first-order valence-electron chi connectivity index (χ1n) is 11.3. The summed E-state index contributed by atoms with van der Waals surface area (Å²) in [5.74, 6) is 0. The van der Waals surface area contributed by atoms with Crippen LogP contribution in [0, 0.1) is 0 Å². The van der Waals surface area contributed by atoms with Crippen molar-refractivity contribution in [2.45, 2.75) is 50.7 Å². The first-order chi connectivity index (χ1) is 14.8. The molecule has 0 amide bonds. The molecule has 1 atom stereocenters. The minimum absolute atomic E-state index is 0.106. The van der Waals surface area contributed by atoms with Gasteiger partial charge in [-0.05, 0) is 55.4 Å². The number of hydrogen-bond donors (Lipinski definition) is 0. The van der Waals surface area contributed by atoms with Crippen LogP contribution in [0.1, 0.15) is 48.9 Å². The van der Waals surface area contributed by atoms with Crippen LogP contribution in [0.15, 0.2) is 53.3 Å². The van der Waals surface area contributed by atoms with Crippen molar-refractivity contribution in [3.8, 4) is 0 Å². The second-order valence-electron chi connectivity index (χ2n) is 8.66. The summed E-state index contributed by atoms with van der Waals surface area (Å²) in [7, 11) is 1.68. The number of likely N-dealkylation sites (tertiary alicyclic amines) is 1. The van der Waals surface area contributed by atoms with Gasteiger partial charge in [-0.1, -0.05) is 36.4 Å². The van der Waals surface area contributed by atoms with Crippen LogP contribution in [-0.2, 0) is 17.7 Å². The van der Waals surface area contributed by atoms with Gasteiger partial charge in [-0.25, -0.2) is 4.79 Å². The molecule has 1 aliphatic heterocycles. The number of ether oxygens (including phenoxy) is 1. The highest BCUT2D eigenvalue weighted by molar-refractivity contribution is 5.76. The average molecular weight is 406 g/mol. The molecule has 0 bridgehead atoms. The Morgan fingerprint density at radius 2 is 1.70 bits per heavy atom. The molecule has 0 saturated carbocycles. The Balaban J connectivity index is 1.39. The Morgan fingerprint density at radius 3 is 2.50 bits per heavy atom. The zero-order chi connectivity index (χ0) is 20.5. The molecule has 158 valence electrons. The van der Waals surface area contributed by atoms with Crippen LogP contribution < -0.4 is 5.69 Å². The van der Waals surface area contributed by atoms with Gasteiger partial charge in [-0.2, -0.15) is 0 Å². The van der Waals surface area contributed by atoms with Crippen LogP contribution in [0.2, 0.25) is 0 Å². The van der Waals surface area contributed by atoms with E-state index in [4.69, 9.17) is 4.74 Å². The number of hydrogen-bond acceptors (Lipinski definition) is 3. The van der Waals surface area contributed by atoms with Gasteiger partial charge in [0, 0.05) is 32.3 Å². The molecular formula is C25H31N3O2. The lowest BCUT2D eigenvalue weighted by atomic mass is 9.86. The number of nitrogens with zero attached hydrogens (tertiary/aromatic N) is 3. The smallest absolute Gasteiger partial charge is 0.329 e. The number of rotatable bonds is 5. The van der Waals surface area contributed by atoms with E-state index in [-0.39, 0.29) is 11.7 Å². The highest BCUT2D eigenvalue weighted by atomic mass is 16.5. The molecule has 0 spiro atoms. The second-order valence-corrected chi connectivity index (χ2v) is 8.66. The predicted octanol–water partition coefficient (Wildman–Crippen LogP) is 4.16. The zero-order valence-electron chi connectivity index (χ0n) is 17.8. The molecule has 5 rings (SSSR count). The molecule has 2 aromatic carbocycles. The number of methoxy groups -OCH3 is 1. The van der Waals surface area contributed by atoms with E-state index in [1.807, 2.05) is 16.7 Å². The molecule has 1 unspecified atom stereocenters. The Kier molecular flexibility index (Phi) is 5.48. The summed E-state index contributed by atoms with van der Waals surface area (Å²) in [6.45, 7) is 3.25. The molecule has 1 aromatic heterocycles. The van der Waals surface area contributed by atoms with E-state index >= 15 is 0 Å². The molecule has 5 nitrogen and oxygen atoms in total. The highest BCUT2D eigenvalue weighted by Crippen LogP contribution is 2.37. The van der Waals surface area contributed by atoms with Gasteiger partial charge in [0.25, 0.3) is 0 Å². The van der Waals surface area contributed by atoms with E-state index in [1.165, 1.54) is 30.4 Å². The third kappa shape index (κ3) is 3.40. The van der Waals surface area contributed by atoms with Crippen LogP contribution in [0.4, 0.5) is 0 Å². The number of para-hydroxylation sites is 2. The van der Waals surface area contributed by atoms with Gasteiger partial charge in [-0.15, -0.1) is 0 Å². The van der Waals surface area contributed by atoms with Crippen LogP contribution in [-0.4, -0.2) is 40.8 Å². The minimum atomic E-state index is 0.106. The zero-order valence-corrected chi connectivity index (χ0v) is 17.8. The van der Waals surface area contributed by atoms with Crippen molar-refractivity contribution in [3.63, 3.8) is 0 Å². The lowest BCUT2D eigenvalue weighted by Crippen LogP contribution is -2.40. The van der Waals surface area contributed by atoms with Gasteiger partial charge in [-0.3, -0.25) is 14.0 Å². The molecule has 3 aromatic rings. The van der Waals surface area contributed by atoms with Gasteiger partial charge in [0.2, 0.25) is 0 Å². The van der Waals surface area contributed by atoms with Gasteiger partial charge < -0.3 is 4.74 Å². The van der Waals surface area contributed by atoms with Gasteiger partial charge in [0.05, 0.1) is 24.2 Å². The molecule has 30 heavy (non-hydrogen) atoms. The summed E-state index contributed by atoms with van der Waals surface area (Å²) in [6, 6.07) is 17.9. The Bertz CT molecular complexity index is 1080. The summed E-state index contributed by atoms with van der Waals surface area (Å²) in [6.07, 6.45) is 5.78. The standard InChI is InChI=1S/C25H31N3O2/c1-30-18-17-27-23-10-4-5-11-24(23)28(25(27)29)20-13-15-26(16-14-20)22-12-6-8-19-7-2-3-9-21(19)22/h2-5,7,9-11,20,22H,6,8,12-18H2,1H3. The molecule has 5 heteroatoms. The summed E-state index contributed by atoms with van der Waals surface area (Å²) in [5.41, 5.74) is 5.22. The average Bonchev–Trinajstić information content (AvgIpc) is 3.08. The summed E-state index contributed by atoms with van der Waals surface area (Å²) < 4.78 is 9.17. The molecule has 1 saturated heterocycles. The first-order valence-corrected chi connectivity index (χ1v) is 11.3. The fraction of sp³-hybridized carbons (Fsp3) is 0.480. The van der Waals surface area contributed by atoms with Crippen molar-refractivity contribution in [1.82, 2.24) is 14.0 Å². The normalized spacial score (nSPS) is 20.5. The Labute approximate surface area is 177 Å². The minimum Gasteiger partial charge on any atom is -0.383 e. The predicted molar refractivity (Wildman–Crippen MR) is 120 cm³/mol. The van der Waals surface area contributed by atoms with Gasteiger partial charge in [0.15, 0.2) is 0 Å². The lowest BCUT2D eigenvalue weighted by Gasteiger charge is -2.40. The summed E-state index contributed by atoms with van der Waals surface area (Å²) in [4.78, 5) is 16.0. The van der Waals surface area contributed by atoms with Gasteiger partial charge >= 0.3 is 5.69 Å². The molecule has 0 N–H and O–H groups in total. The van der Waals surface area contributed by atoms with E-state index in [1.54, 1.807) is 7.11 Å². The third-order valence-corrected chi connectivity index (χ3v) is 7.03. The fourth-order valence-electron chi connectivity index (χ4n) is 5.55. The van der Waals surface area contributed by atoms with Gasteiger partial charge in [0.1, 0.15) is 0 Å². The molecule has 2 aliphatic rings. The fourth-order valence-corrected chi connectivity index (χ4v) is 5.55. The molecule has 2 heterocycles. The highest BCUT2D eigenvalue weighted by Gasteiger charge is 2.31. The van der Waals surface area contributed by atoms with Crippen molar-refractivity contribution in [3.05, 3.63) is 70.1 Å². The number of benzene rings is 2. The lowest BCUT2D eigenvalue weighted by molar-refractivity contribution is 0.122. The van der Waals surface area contributed by atoms with Crippen LogP contribution in [0.5, 0.6) is 0 Å². The maximum atomic E-state index is 13.3. The van der Waals surface area contributed by atoms with Crippen molar-refractivity contribution in [2.75, 3.05) is 26.8 Å². The third-order valence-electron chi connectivity index (χ3n) is 7.03. The maximum absolute atomic E-state index is 13.3. The van der Waals surface area contributed by atoms with E-state index in [0.717, 1.165) is 37.0 Å². The van der Waals surface area contributed by atoms with Crippen LogP contribution in [0.3, 0.4) is 0 Å². The largest absolute Gasteiger partial charge is 0.383 e. The molecular weight excluding hydrogens is 374 g/mol. The van der Waals surface area contributed by atoms with E-state index in [9.17, 15) is 4.79 Å². The molecule has 0 radical (unpaired) electrons.